The van der Waals surface area contributed by atoms with Gasteiger partial charge in [0, 0.05) is 5.56 Å². The third-order valence-corrected chi connectivity index (χ3v) is 3.09. The zero-order valence-electron chi connectivity index (χ0n) is 10.2. The maximum Gasteiger partial charge on any atom is 0.357 e. The number of H-pyrrole nitrogens is 1. The molecule has 0 amide bonds. The Balaban J connectivity index is 2.47. The number of hydrogen-bond donors (Lipinski definition) is 2. The lowest BCUT2D eigenvalue weighted by atomic mass is 10.2. The molecule has 2 N–H and O–H groups in total. The van der Waals surface area contributed by atoms with E-state index < -0.39 is 5.97 Å². The Morgan fingerprint density at radius 3 is 2.53 bits per heavy atom. The van der Waals surface area contributed by atoms with Crippen LogP contribution in [0.3, 0.4) is 0 Å². The minimum absolute atomic E-state index is 0.0650. The van der Waals surface area contributed by atoms with Gasteiger partial charge in [-0.3, -0.25) is 0 Å². The Kier molecular flexibility index (Phi) is 3.75. The van der Waals surface area contributed by atoms with Gasteiger partial charge in [0.2, 0.25) is 0 Å². The molecule has 0 radical (unpaired) electrons. The van der Waals surface area contributed by atoms with E-state index in [0.717, 1.165) is 0 Å². The molecule has 2 aromatic rings. The van der Waals surface area contributed by atoms with Crippen LogP contribution in [0.1, 0.15) is 10.5 Å². The molecule has 0 aliphatic heterocycles. The molecule has 1 heterocycles. The van der Waals surface area contributed by atoms with Crippen molar-refractivity contribution in [2.24, 2.45) is 0 Å². The van der Waals surface area contributed by atoms with E-state index in [1.165, 1.54) is 7.11 Å². The molecule has 0 saturated carbocycles. The van der Waals surface area contributed by atoms with E-state index in [1.54, 1.807) is 25.3 Å². The summed E-state index contributed by atoms with van der Waals surface area (Å²) in [4.78, 5) is 17.8. The van der Waals surface area contributed by atoms with E-state index in [0.29, 0.717) is 27.5 Å². The highest BCUT2D eigenvalue weighted by Gasteiger charge is 2.16. The Bertz CT molecular complexity index is 624. The molecule has 2 rings (SSSR count). The highest BCUT2D eigenvalue weighted by Crippen LogP contribution is 2.32. The van der Waals surface area contributed by atoms with Gasteiger partial charge in [-0.05, 0) is 34.1 Å². The molecule has 1 aromatic heterocycles. The number of carbonyl (C=O) groups is 1. The number of carboxylic acids is 1. The summed E-state index contributed by atoms with van der Waals surface area (Å²) in [5, 5.41) is 8.95. The van der Waals surface area contributed by atoms with Crippen molar-refractivity contribution >= 4 is 21.9 Å². The summed E-state index contributed by atoms with van der Waals surface area (Å²) in [5.41, 5.74) is 0.635. The predicted octanol–water partition coefficient (Wildman–Crippen LogP) is 2.55. The van der Waals surface area contributed by atoms with E-state index in [-0.39, 0.29) is 5.69 Å². The minimum Gasteiger partial charge on any atom is -0.493 e. The van der Waals surface area contributed by atoms with Crippen molar-refractivity contribution in [2.45, 2.75) is 0 Å². The van der Waals surface area contributed by atoms with Gasteiger partial charge in [-0.25, -0.2) is 9.78 Å². The Hall–Kier alpha value is -2.02. The number of benzene rings is 1. The Labute approximate surface area is 117 Å². The van der Waals surface area contributed by atoms with Crippen LogP contribution in [0.15, 0.2) is 22.8 Å². The molecule has 0 aliphatic carbocycles. The van der Waals surface area contributed by atoms with Crippen LogP contribution in [-0.2, 0) is 0 Å². The number of aromatic amines is 1. The fraction of sp³-hybridized carbons (Fsp3) is 0.167. The number of ether oxygens (including phenoxy) is 2. The standard InChI is InChI=1S/C12H11BrN2O4/c1-18-7-4-3-6(5-8(7)19-2)11-14-9(12(16)17)10(13)15-11/h3-5H,1-2H3,(H,14,15)(H,16,17). The van der Waals surface area contributed by atoms with Gasteiger partial charge in [-0.15, -0.1) is 0 Å². The van der Waals surface area contributed by atoms with Gasteiger partial charge in [-0.2, -0.15) is 0 Å². The summed E-state index contributed by atoms with van der Waals surface area (Å²) < 4.78 is 10.6. The van der Waals surface area contributed by atoms with E-state index in [1.807, 2.05) is 0 Å². The first-order valence-corrected chi connectivity index (χ1v) is 6.07. The van der Waals surface area contributed by atoms with Crippen molar-refractivity contribution in [3.63, 3.8) is 0 Å². The molecule has 0 bridgehead atoms. The second-order valence-corrected chi connectivity index (χ2v) is 4.42. The number of carboxylic acid groups (broad SMARTS) is 1. The number of imidazole rings is 1. The fourth-order valence-corrected chi connectivity index (χ4v) is 2.06. The highest BCUT2D eigenvalue weighted by atomic mass is 79.9. The second-order valence-electron chi connectivity index (χ2n) is 3.62. The molecule has 6 nitrogen and oxygen atoms in total. The molecule has 1 aromatic carbocycles. The molecule has 0 atom stereocenters. The Morgan fingerprint density at radius 2 is 2.00 bits per heavy atom. The molecule has 19 heavy (non-hydrogen) atoms. The number of aromatic carboxylic acids is 1. The van der Waals surface area contributed by atoms with Crippen LogP contribution in [0.2, 0.25) is 0 Å². The molecular formula is C12H11BrN2O4. The summed E-state index contributed by atoms with van der Waals surface area (Å²) in [7, 11) is 3.08. The molecule has 0 fully saturated rings. The van der Waals surface area contributed by atoms with Crippen molar-refractivity contribution in [3.05, 3.63) is 28.5 Å². The van der Waals surface area contributed by atoms with Crippen molar-refractivity contribution in [2.75, 3.05) is 14.2 Å². The molecule has 0 aliphatic rings. The van der Waals surface area contributed by atoms with Crippen LogP contribution in [0, 0.1) is 0 Å². The van der Waals surface area contributed by atoms with Crippen LogP contribution >= 0.6 is 15.9 Å². The third kappa shape index (κ3) is 2.55. The molecule has 0 unspecified atom stereocenters. The van der Waals surface area contributed by atoms with E-state index in [4.69, 9.17) is 14.6 Å². The number of halogens is 1. The molecular weight excluding hydrogens is 316 g/mol. The highest BCUT2D eigenvalue weighted by molar-refractivity contribution is 9.10. The SMILES string of the molecule is COc1ccc(-c2nc(C(=O)O)c(Br)[nH]2)cc1OC. The average Bonchev–Trinajstić information content (AvgIpc) is 2.80. The second kappa shape index (κ2) is 5.31. The van der Waals surface area contributed by atoms with Gasteiger partial charge >= 0.3 is 5.97 Å². The van der Waals surface area contributed by atoms with Gasteiger partial charge < -0.3 is 19.6 Å². The number of methoxy groups -OCH3 is 2. The van der Waals surface area contributed by atoms with Gasteiger partial charge in [0.25, 0.3) is 0 Å². The molecule has 0 saturated heterocycles. The predicted molar refractivity (Wildman–Crippen MR) is 71.8 cm³/mol. The molecule has 0 spiro atoms. The lowest BCUT2D eigenvalue weighted by Crippen LogP contribution is -1.97. The minimum atomic E-state index is -1.10. The van der Waals surface area contributed by atoms with Crippen molar-refractivity contribution in [3.8, 4) is 22.9 Å². The van der Waals surface area contributed by atoms with Gasteiger partial charge in [0.05, 0.1) is 14.2 Å². The summed E-state index contributed by atoms with van der Waals surface area (Å²) in [6, 6.07) is 5.21. The van der Waals surface area contributed by atoms with Gasteiger partial charge in [0.1, 0.15) is 10.4 Å². The first-order valence-electron chi connectivity index (χ1n) is 5.28. The van der Waals surface area contributed by atoms with Crippen LogP contribution < -0.4 is 9.47 Å². The van der Waals surface area contributed by atoms with Gasteiger partial charge in [0.15, 0.2) is 17.2 Å². The van der Waals surface area contributed by atoms with E-state index in [2.05, 4.69) is 25.9 Å². The quantitative estimate of drug-likeness (QED) is 0.901. The average molecular weight is 327 g/mol. The normalized spacial score (nSPS) is 10.3. The van der Waals surface area contributed by atoms with E-state index in [9.17, 15) is 4.79 Å². The number of nitrogens with one attached hydrogen (secondary N) is 1. The Morgan fingerprint density at radius 1 is 1.32 bits per heavy atom. The van der Waals surface area contributed by atoms with Crippen molar-refractivity contribution < 1.29 is 19.4 Å². The molecule has 100 valence electrons. The third-order valence-electron chi connectivity index (χ3n) is 2.52. The van der Waals surface area contributed by atoms with E-state index >= 15 is 0 Å². The van der Waals surface area contributed by atoms with Gasteiger partial charge in [-0.1, -0.05) is 0 Å². The fourth-order valence-electron chi connectivity index (χ4n) is 1.61. The van der Waals surface area contributed by atoms with Crippen LogP contribution in [0.25, 0.3) is 11.4 Å². The first kappa shape index (κ1) is 13.4. The maximum absolute atomic E-state index is 10.9. The summed E-state index contributed by atoms with van der Waals surface area (Å²) >= 11 is 3.12. The maximum atomic E-state index is 10.9. The van der Waals surface area contributed by atoms with Crippen molar-refractivity contribution in [1.82, 2.24) is 9.97 Å². The number of rotatable bonds is 4. The van der Waals surface area contributed by atoms with Crippen LogP contribution in [-0.4, -0.2) is 35.3 Å². The zero-order chi connectivity index (χ0) is 14.0. The number of nitrogens with zero attached hydrogens (tertiary/aromatic N) is 1. The summed E-state index contributed by atoms with van der Waals surface area (Å²) in [5.74, 6) is 0.472. The summed E-state index contributed by atoms with van der Waals surface area (Å²) in [6.07, 6.45) is 0. The van der Waals surface area contributed by atoms with Crippen molar-refractivity contribution in [1.29, 1.82) is 0 Å². The van der Waals surface area contributed by atoms with Crippen LogP contribution in [0.4, 0.5) is 0 Å². The molecule has 7 heteroatoms. The smallest absolute Gasteiger partial charge is 0.357 e. The monoisotopic (exact) mass is 326 g/mol. The number of hydrogen-bond acceptors (Lipinski definition) is 4. The topological polar surface area (TPSA) is 84.4 Å². The first-order chi connectivity index (χ1) is 9.06. The largest absolute Gasteiger partial charge is 0.493 e. The zero-order valence-corrected chi connectivity index (χ0v) is 11.8. The lowest BCUT2D eigenvalue weighted by molar-refractivity contribution is 0.0690. The lowest BCUT2D eigenvalue weighted by Gasteiger charge is -2.08. The van der Waals surface area contributed by atoms with Crippen LogP contribution in [0.5, 0.6) is 11.5 Å². The summed E-state index contributed by atoms with van der Waals surface area (Å²) in [6.45, 7) is 0. The number of aromatic nitrogens is 2.